The molecule has 1 atom stereocenters. The second-order valence-corrected chi connectivity index (χ2v) is 5.53. The molecule has 1 fully saturated rings. The normalized spacial score (nSPS) is 22.2. The van der Waals surface area contributed by atoms with Gasteiger partial charge in [0.05, 0.1) is 10.3 Å². The van der Waals surface area contributed by atoms with E-state index >= 15 is 0 Å². The Balaban J connectivity index is 2.34. The zero-order valence-electron chi connectivity index (χ0n) is 11.6. The van der Waals surface area contributed by atoms with Crippen molar-refractivity contribution in [3.05, 3.63) is 34.4 Å². The summed E-state index contributed by atoms with van der Waals surface area (Å²) >= 11 is 0. The van der Waals surface area contributed by atoms with Crippen molar-refractivity contribution in [1.29, 1.82) is 0 Å². The number of nitro benzene ring substituents is 1. The largest absolute Gasteiger partial charge is 0.481 e. The Morgan fingerprint density at radius 1 is 1.45 bits per heavy atom. The number of carboxylic acids is 1. The summed E-state index contributed by atoms with van der Waals surface area (Å²) in [6, 6.07) is 6.48. The smallest absolute Gasteiger partial charge is 0.311 e. The van der Waals surface area contributed by atoms with Gasteiger partial charge in [0, 0.05) is 19.2 Å². The molecule has 108 valence electrons. The van der Waals surface area contributed by atoms with Crippen molar-refractivity contribution in [1.82, 2.24) is 0 Å². The summed E-state index contributed by atoms with van der Waals surface area (Å²) < 4.78 is 0. The average Bonchev–Trinajstić information content (AvgIpc) is 2.85. The molecular weight excluding hydrogens is 260 g/mol. The van der Waals surface area contributed by atoms with Crippen LogP contribution >= 0.6 is 0 Å². The van der Waals surface area contributed by atoms with Crippen LogP contribution in [0.3, 0.4) is 0 Å². The van der Waals surface area contributed by atoms with E-state index in [1.165, 1.54) is 6.07 Å². The van der Waals surface area contributed by atoms with E-state index in [9.17, 15) is 20.0 Å². The van der Waals surface area contributed by atoms with Crippen LogP contribution in [-0.2, 0) is 4.79 Å². The Bertz CT molecular complexity index is 544. The van der Waals surface area contributed by atoms with Crippen molar-refractivity contribution < 1.29 is 14.8 Å². The highest BCUT2D eigenvalue weighted by molar-refractivity contribution is 5.78. The summed E-state index contributed by atoms with van der Waals surface area (Å²) in [7, 11) is 0. The molecule has 0 spiro atoms. The van der Waals surface area contributed by atoms with E-state index < -0.39 is 16.3 Å². The molecule has 1 unspecified atom stereocenters. The molecule has 6 nitrogen and oxygen atoms in total. The molecule has 2 rings (SSSR count). The lowest BCUT2D eigenvalue weighted by atomic mass is 9.76. The summed E-state index contributed by atoms with van der Waals surface area (Å²) in [5, 5.41) is 20.6. The standard InChI is InChI=1S/C14H18N2O4/c1-10(2)14(13(17)18)7-8-15(9-14)11-5-3-4-6-12(11)16(19)20/h3-6,10H,7-9H2,1-2H3,(H,17,18). The van der Waals surface area contributed by atoms with Gasteiger partial charge in [0.1, 0.15) is 5.69 Å². The first-order chi connectivity index (χ1) is 9.38. The molecule has 1 aliphatic rings. The van der Waals surface area contributed by atoms with Crippen LogP contribution in [0.2, 0.25) is 0 Å². The van der Waals surface area contributed by atoms with Crippen molar-refractivity contribution in [3.8, 4) is 0 Å². The first-order valence-corrected chi connectivity index (χ1v) is 6.60. The molecule has 0 radical (unpaired) electrons. The second-order valence-electron chi connectivity index (χ2n) is 5.53. The highest BCUT2D eigenvalue weighted by Gasteiger charge is 2.48. The lowest BCUT2D eigenvalue weighted by Gasteiger charge is -2.29. The minimum Gasteiger partial charge on any atom is -0.481 e. The second kappa shape index (κ2) is 5.11. The molecule has 0 amide bonds. The van der Waals surface area contributed by atoms with Gasteiger partial charge in [-0.25, -0.2) is 0 Å². The number of hydrogen-bond donors (Lipinski definition) is 1. The average molecular weight is 278 g/mol. The van der Waals surface area contributed by atoms with Gasteiger partial charge in [-0.05, 0) is 18.4 Å². The molecule has 0 aliphatic carbocycles. The van der Waals surface area contributed by atoms with Gasteiger partial charge in [-0.3, -0.25) is 14.9 Å². The minimum absolute atomic E-state index is 0.0206. The summed E-state index contributed by atoms with van der Waals surface area (Å²) in [5.41, 5.74) is -0.303. The summed E-state index contributed by atoms with van der Waals surface area (Å²) in [4.78, 5) is 24.1. The van der Waals surface area contributed by atoms with Gasteiger partial charge >= 0.3 is 5.97 Å². The summed E-state index contributed by atoms with van der Waals surface area (Å²) in [6.45, 7) is 4.61. The van der Waals surface area contributed by atoms with Crippen LogP contribution in [-0.4, -0.2) is 29.1 Å². The molecule has 1 heterocycles. The van der Waals surface area contributed by atoms with Gasteiger partial charge in [0.25, 0.3) is 5.69 Å². The number of para-hydroxylation sites is 2. The maximum absolute atomic E-state index is 11.6. The number of nitro groups is 1. The predicted molar refractivity (Wildman–Crippen MR) is 74.8 cm³/mol. The van der Waals surface area contributed by atoms with E-state index in [1.807, 2.05) is 18.7 Å². The molecule has 1 N–H and O–H groups in total. The van der Waals surface area contributed by atoms with Crippen LogP contribution in [0.15, 0.2) is 24.3 Å². The van der Waals surface area contributed by atoms with Crippen LogP contribution in [0.1, 0.15) is 20.3 Å². The number of aliphatic carboxylic acids is 1. The minimum atomic E-state index is -0.830. The zero-order chi connectivity index (χ0) is 14.9. The molecule has 1 aromatic carbocycles. The first-order valence-electron chi connectivity index (χ1n) is 6.60. The molecule has 0 aromatic heterocycles. The monoisotopic (exact) mass is 278 g/mol. The zero-order valence-corrected chi connectivity index (χ0v) is 11.6. The van der Waals surface area contributed by atoms with Gasteiger partial charge in [0.2, 0.25) is 0 Å². The third-order valence-corrected chi connectivity index (χ3v) is 4.25. The number of benzene rings is 1. The first kappa shape index (κ1) is 14.3. The number of hydrogen-bond acceptors (Lipinski definition) is 4. The lowest BCUT2D eigenvalue weighted by molar-refractivity contribution is -0.384. The van der Waals surface area contributed by atoms with E-state index in [0.717, 1.165) is 0 Å². The van der Waals surface area contributed by atoms with Crippen LogP contribution in [0, 0.1) is 21.4 Å². The van der Waals surface area contributed by atoms with Crippen molar-refractivity contribution in [2.75, 3.05) is 18.0 Å². The fourth-order valence-corrected chi connectivity index (χ4v) is 2.82. The third-order valence-electron chi connectivity index (χ3n) is 4.25. The SMILES string of the molecule is CC(C)C1(C(=O)O)CCN(c2ccccc2[N+](=O)[O-])C1. The number of carboxylic acid groups (broad SMARTS) is 1. The summed E-state index contributed by atoms with van der Waals surface area (Å²) in [5.74, 6) is -0.846. The number of nitrogens with zero attached hydrogens (tertiary/aromatic N) is 2. The Morgan fingerprint density at radius 3 is 2.60 bits per heavy atom. The van der Waals surface area contributed by atoms with Crippen molar-refractivity contribution in [2.45, 2.75) is 20.3 Å². The Kier molecular flexibility index (Phi) is 3.65. The number of carbonyl (C=O) groups is 1. The van der Waals surface area contributed by atoms with Gasteiger partial charge in [-0.15, -0.1) is 0 Å². The maximum Gasteiger partial charge on any atom is 0.311 e. The quantitative estimate of drug-likeness (QED) is 0.676. The van der Waals surface area contributed by atoms with Gasteiger partial charge in [-0.2, -0.15) is 0 Å². The van der Waals surface area contributed by atoms with Crippen LogP contribution < -0.4 is 4.90 Å². The topological polar surface area (TPSA) is 83.7 Å². The summed E-state index contributed by atoms with van der Waals surface area (Å²) in [6.07, 6.45) is 0.506. The van der Waals surface area contributed by atoms with Crippen molar-refractivity contribution in [2.24, 2.45) is 11.3 Å². The molecule has 1 aromatic rings. The molecule has 20 heavy (non-hydrogen) atoms. The van der Waals surface area contributed by atoms with Gasteiger partial charge < -0.3 is 10.0 Å². The molecule has 1 saturated heterocycles. The number of rotatable bonds is 4. The Hall–Kier alpha value is -2.11. The van der Waals surface area contributed by atoms with Gasteiger partial charge in [-0.1, -0.05) is 26.0 Å². The Labute approximate surface area is 117 Å². The van der Waals surface area contributed by atoms with E-state index in [4.69, 9.17) is 0 Å². The van der Waals surface area contributed by atoms with Crippen LogP contribution in [0.4, 0.5) is 11.4 Å². The predicted octanol–water partition coefficient (Wildman–Crippen LogP) is 2.53. The highest BCUT2D eigenvalue weighted by atomic mass is 16.6. The fourth-order valence-electron chi connectivity index (χ4n) is 2.82. The highest BCUT2D eigenvalue weighted by Crippen LogP contribution is 2.42. The van der Waals surface area contributed by atoms with Crippen molar-refractivity contribution in [3.63, 3.8) is 0 Å². The van der Waals surface area contributed by atoms with Crippen LogP contribution in [0.25, 0.3) is 0 Å². The van der Waals surface area contributed by atoms with E-state index in [1.54, 1.807) is 18.2 Å². The Morgan fingerprint density at radius 2 is 2.10 bits per heavy atom. The maximum atomic E-state index is 11.6. The molecule has 0 saturated carbocycles. The van der Waals surface area contributed by atoms with Gasteiger partial charge in [0.15, 0.2) is 0 Å². The van der Waals surface area contributed by atoms with Crippen molar-refractivity contribution >= 4 is 17.3 Å². The fraction of sp³-hybridized carbons (Fsp3) is 0.500. The van der Waals surface area contributed by atoms with E-state index in [2.05, 4.69) is 0 Å². The molecule has 1 aliphatic heterocycles. The van der Waals surface area contributed by atoms with E-state index in [0.29, 0.717) is 25.2 Å². The molecule has 0 bridgehead atoms. The van der Waals surface area contributed by atoms with E-state index in [-0.39, 0.29) is 11.6 Å². The third kappa shape index (κ3) is 2.21. The lowest BCUT2D eigenvalue weighted by Crippen LogP contribution is -2.39. The molecule has 6 heteroatoms. The number of anilines is 1. The van der Waals surface area contributed by atoms with Crippen LogP contribution in [0.5, 0.6) is 0 Å². The molecular formula is C14H18N2O4.